The highest BCUT2D eigenvalue weighted by Crippen LogP contribution is 2.35. The van der Waals surface area contributed by atoms with Gasteiger partial charge in [-0.2, -0.15) is 0 Å². The van der Waals surface area contributed by atoms with Gasteiger partial charge in [-0.3, -0.25) is 9.69 Å². The third-order valence-electron chi connectivity index (χ3n) is 7.94. The summed E-state index contributed by atoms with van der Waals surface area (Å²) in [5, 5.41) is 0. The van der Waals surface area contributed by atoms with Gasteiger partial charge in [0.05, 0.1) is 13.2 Å². The van der Waals surface area contributed by atoms with E-state index in [9.17, 15) is 4.79 Å². The number of nitrogens with zero attached hydrogens (tertiary/aromatic N) is 3. The smallest absolute Gasteiger partial charge is 0.236 e. The Bertz CT molecular complexity index is 1220. The number of hydrogen-bond acceptors (Lipinski definition) is 5. The van der Waals surface area contributed by atoms with Crippen LogP contribution in [0.3, 0.4) is 0 Å². The second kappa shape index (κ2) is 12.6. The van der Waals surface area contributed by atoms with E-state index in [2.05, 4.69) is 59.0 Å². The van der Waals surface area contributed by atoms with E-state index >= 15 is 0 Å². The number of carbonyl (C=O) groups is 1. The molecule has 0 atom stereocenters. The van der Waals surface area contributed by atoms with Gasteiger partial charge < -0.3 is 14.4 Å². The molecule has 0 unspecified atom stereocenters. The average molecular weight is 528 g/mol. The Morgan fingerprint density at radius 1 is 0.949 bits per heavy atom. The van der Waals surface area contributed by atoms with Crippen LogP contribution in [-0.2, 0) is 17.8 Å². The van der Waals surface area contributed by atoms with Gasteiger partial charge in [-0.25, -0.2) is 4.98 Å². The van der Waals surface area contributed by atoms with Gasteiger partial charge in [-0.05, 0) is 73.7 Å². The highest BCUT2D eigenvalue weighted by molar-refractivity contribution is 5.78. The molecule has 0 spiro atoms. The van der Waals surface area contributed by atoms with Crippen LogP contribution in [-0.4, -0.2) is 53.5 Å². The van der Waals surface area contributed by atoms with E-state index in [0.717, 1.165) is 63.1 Å². The summed E-state index contributed by atoms with van der Waals surface area (Å²) >= 11 is 0. The molecule has 2 aromatic carbocycles. The van der Waals surface area contributed by atoms with E-state index in [4.69, 9.17) is 9.47 Å². The molecule has 1 aromatic heterocycles. The Morgan fingerprint density at radius 3 is 2.49 bits per heavy atom. The lowest BCUT2D eigenvalue weighted by Crippen LogP contribution is -2.44. The lowest BCUT2D eigenvalue weighted by molar-refractivity contribution is -0.134. The molecule has 6 nitrogen and oxygen atoms in total. The van der Waals surface area contributed by atoms with Crippen molar-refractivity contribution in [3.05, 3.63) is 84.1 Å². The van der Waals surface area contributed by atoms with E-state index in [-0.39, 0.29) is 11.3 Å². The number of likely N-dealkylation sites (tertiary alicyclic amines) is 1. The summed E-state index contributed by atoms with van der Waals surface area (Å²) < 4.78 is 12.5. The number of amides is 1. The normalized spacial score (nSPS) is 18.8. The number of carbonyl (C=O) groups excluding carboxylic acids is 1. The van der Waals surface area contributed by atoms with Crippen LogP contribution >= 0.6 is 0 Å². The molecular weight excluding hydrogens is 486 g/mol. The minimum absolute atomic E-state index is 0.00256. The standard InChI is InChI=1S/C33H41N3O3/c1-33(2)17-9-19-35(24-31(37)36-20-15-27(16-21-36)22-26-10-4-3-5-11-26)23-28-12-8-18-34-32(28)39-30-14-7-6-13-29(30)38-25-33/h3-8,10-14,18,27H,9,15-17,19-25H2,1-2H3. The number of rotatable bonds is 4. The first-order valence-corrected chi connectivity index (χ1v) is 14.3. The fraction of sp³-hybridized carbons (Fsp3) is 0.455. The maximum Gasteiger partial charge on any atom is 0.236 e. The molecule has 2 aliphatic heterocycles. The number of ether oxygens (including phenoxy) is 2. The average Bonchev–Trinajstić information content (AvgIpc) is 2.95. The van der Waals surface area contributed by atoms with Gasteiger partial charge in [0, 0.05) is 31.4 Å². The quantitative estimate of drug-likeness (QED) is 0.395. The van der Waals surface area contributed by atoms with Gasteiger partial charge in [-0.15, -0.1) is 0 Å². The first-order valence-electron chi connectivity index (χ1n) is 14.3. The van der Waals surface area contributed by atoms with Crippen molar-refractivity contribution in [2.24, 2.45) is 11.3 Å². The van der Waals surface area contributed by atoms with E-state index < -0.39 is 0 Å². The summed E-state index contributed by atoms with van der Waals surface area (Å²) in [6.07, 6.45) is 6.97. The van der Waals surface area contributed by atoms with Gasteiger partial charge in [-0.1, -0.05) is 62.4 Å². The third kappa shape index (κ3) is 7.60. The molecule has 1 fully saturated rings. The molecule has 0 radical (unpaired) electrons. The zero-order valence-corrected chi connectivity index (χ0v) is 23.4. The fourth-order valence-corrected chi connectivity index (χ4v) is 5.60. The van der Waals surface area contributed by atoms with Crippen LogP contribution in [0.2, 0.25) is 0 Å². The molecule has 0 aliphatic carbocycles. The van der Waals surface area contributed by atoms with Crippen molar-refractivity contribution in [2.45, 2.75) is 52.5 Å². The van der Waals surface area contributed by atoms with Gasteiger partial charge in [0.1, 0.15) is 0 Å². The summed E-state index contributed by atoms with van der Waals surface area (Å²) in [6.45, 7) is 8.61. The summed E-state index contributed by atoms with van der Waals surface area (Å²) in [6, 6.07) is 22.5. The van der Waals surface area contributed by atoms with Crippen molar-refractivity contribution in [1.29, 1.82) is 0 Å². The molecule has 0 N–H and O–H groups in total. The monoisotopic (exact) mass is 527 g/mol. The number of piperidine rings is 1. The largest absolute Gasteiger partial charge is 0.489 e. The molecule has 0 bridgehead atoms. The highest BCUT2D eigenvalue weighted by Gasteiger charge is 2.26. The Kier molecular flexibility index (Phi) is 8.82. The predicted molar refractivity (Wildman–Crippen MR) is 154 cm³/mol. The molecule has 5 rings (SSSR count). The van der Waals surface area contributed by atoms with E-state index in [0.29, 0.717) is 37.2 Å². The Morgan fingerprint density at radius 2 is 1.69 bits per heavy atom. The Balaban J connectivity index is 1.27. The molecule has 1 amide bonds. The third-order valence-corrected chi connectivity index (χ3v) is 7.94. The molecule has 39 heavy (non-hydrogen) atoms. The summed E-state index contributed by atoms with van der Waals surface area (Å²) in [5.74, 6) is 2.81. The van der Waals surface area contributed by atoms with Crippen molar-refractivity contribution in [3.8, 4) is 17.4 Å². The van der Waals surface area contributed by atoms with Crippen molar-refractivity contribution >= 4 is 5.91 Å². The lowest BCUT2D eigenvalue weighted by Gasteiger charge is -2.34. The summed E-state index contributed by atoms with van der Waals surface area (Å²) in [4.78, 5) is 22.4. The van der Waals surface area contributed by atoms with Crippen LogP contribution < -0.4 is 9.47 Å². The van der Waals surface area contributed by atoms with E-state index in [1.165, 1.54) is 5.56 Å². The van der Waals surface area contributed by atoms with Gasteiger partial charge >= 0.3 is 0 Å². The highest BCUT2D eigenvalue weighted by atomic mass is 16.5. The number of fused-ring (bicyclic) bond motifs is 2. The minimum atomic E-state index is 0.00256. The molecule has 1 saturated heterocycles. The number of para-hydroxylation sites is 2. The van der Waals surface area contributed by atoms with E-state index in [1.54, 1.807) is 6.20 Å². The molecule has 3 aromatic rings. The predicted octanol–water partition coefficient (Wildman–Crippen LogP) is 6.36. The molecule has 0 saturated carbocycles. The van der Waals surface area contributed by atoms with Crippen LogP contribution in [0, 0.1) is 11.3 Å². The zero-order chi connectivity index (χ0) is 27.1. The van der Waals surface area contributed by atoms with Crippen LogP contribution in [0.1, 0.15) is 50.7 Å². The maximum atomic E-state index is 13.5. The van der Waals surface area contributed by atoms with Gasteiger partial charge in [0.15, 0.2) is 11.5 Å². The number of aromatic nitrogens is 1. The van der Waals surface area contributed by atoms with Crippen molar-refractivity contribution in [2.75, 3.05) is 32.8 Å². The SMILES string of the molecule is CC1(C)CCCN(CC(=O)N2CCC(Cc3ccccc3)CC2)Cc2cccnc2Oc2ccccc2OC1. The van der Waals surface area contributed by atoms with Gasteiger partial charge in [0.25, 0.3) is 0 Å². The van der Waals surface area contributed by atoms with Crippen LogP contribution in [0.25, 0.3) is 0 Å². The Hall–Kier alpha value is -3.38. The van der Waals surface area contributed by atoms with E-state index in [1.807, 2.05) is 36.4 Å². The van der Waals surface area contributed by atoms with Crippen molar-refractivity contribution in [1.82, 2.24) is 14.8 Å². The number of hydrogen-bond donors (Lipinski definition) is 0. The number of benzene rings is 2. The van der Waals surface area contributed by atoms with Gasteiger partial charge in [0.2, 0.25) is 11.8 Å². The first kappa shape index (κ1) is 27.2. The molecule has 206 valence electrons. The minimum Gasteiger partial charge on any atom is -0.489 e. The molecule has 6 heteroatoms. The van der Waals surface area contributed by atoms with Crippen molar-refractivity contribution < 1.29 is 14.3 Å². The van der Waals surface area contributed by atoms with Crippen LogP contribution in [0.15, 0.2) is 72.9 Å². The van der Waals surface area contributed by atoms with Crippen molar-refractivity contribution in [3.63, 3.8) is 0 Å². The molecule has 2 aliphatic rings. The number of pyridine rings is 1. The maximum absolute atomic E-state index is 13.5. The second-order valence-corrected chi connectivity index (χ2v) is 11.8. The fourth-order valence-electron chi connectivity index (χ4n) is 5.60. The first-order chi connectivity index (χ1) is 18.9. The summed E-state index contributed by atoms with van der Waals surface area (Å²) in [7, 11) is 0. The van der Waals surface area contributed by atoms with Crippen LogP contribution in [0.5, 0.6) is 17.4 Å². The molecular formula is C33H41N3O3. The second-order valence-electron chi connectivity index (χ2n) is 11.8. The lowest BCUT2D eigenvalue weighted by atomic mass is 9.88. The molecule has 3 heterocycles. The summed E-state index contributed by atoms with van der Waals surface area (Å²) in [5.41, 5.74) is 2.37. The Labute approximate surface area is 233 Å². The zero-order valence-electron chi connectivity index (χ0n) is 23.4. The topological polar surface area (TPSA) is 54.9 Å². The van der Waals surface area contributed by atoms with Crippen LogP contribution in [0.4, 0.5) is 0 Å².